The lowest BCUT2D eigenvalue weighted by Crippen LogP contribution is -2.40. The maximum atomic E-state index is 12.7. The van der Waals surface area contributed by atoms with E-state index in [9.17, 15) is 19.1 Å². The molecule has 3 N–H and O–H groups in total. The van der Waals surface area contributed by atoms with Crippen LogP contribution in [0.5, 0.6) is 0 Å². The molecule has 0 fully saturated rings. The van der Waals surface area contributed by atoms with Gasteiger partial charge in [-0.25, -0.2) is 9.18 Å². The van der Waals surface area contributed by atoms with Gasteiger partial charge in [-0.05, 0) is 37.0 Å². The van der Waals surface area contributed by atoms with Crippen LogP contribution in [0, 0.1) is 5.82 Å². The van der Waals surface area contributed by atoms with Gasteiger partial charge >= 0.3 is 11.9 Å². The highest BCUT2D eigenvalue weighted by Gasteiger charge is 2.37. The minimum atomic E-state index is -2.26. The van der Waals surface area contributed by atoms with Gasteiger partial charge in [-0.2, -0.15) is 0 Å². The lowest BCUT2D eigenvalue weighted by atomic mass is 9.92. The Morgan fingerprint density at radius 1 is 1.16 bits per heavy atom. The molecular weight excluding hydrogens is 255 g/mol. The molecule has 0 unspecified atom stereocenters. The maximum absolute atomic E-state index is 12.7. The molecule has 0 aliphatic heterocycles. The van der Waals surface area contributed by atoms with Crippen LogP contribution in [-0.2, 0) is 16.0 Å². The van der Waals surface area contributed by atoms with Crippen molar-refractivity contribution in [3.05, 3.63) is 35.6 Å². The van der Waals surface area contributed by atoms with Crippen molar-refractivity contribution in [1.29, 1.82) is 0 Å². The lowest BCUT2D eigenvalue weighted by molar-refractivity contribution is -0.166. The van der Waals surface area contributed by atoms with Crippen molar-refractivity contribution in [1.82, 2.24) is 0 Å². The third kappa shape index (κ3) is 4.67. The standard InChI is InChI=1S/C13H15FO5/c14-10-5-3-9(4-6-10)2-1-7-13(19,12(17)18)8-11(15)16/h3-6,19H,1-2,7-8H2,(H,15,16)(H,17,18)/t13-/m1/s1. The summed E-state index contributed by atoms with van der Waals surface area (Å²) in [6.07, 6.45) is -0.283. The van der Waals surface area contributed by atoms with Gasteiger partial charge in [-0.3, -0.25) is 4.79 Å². The predicted molar refractivity (Wildman–Crippen MR) is 64.2 cm³/mol. The summed E-state index contributed by atoms with van der Waals surface area (Å²) in [4.78, 5) is 21.4. The largest absolute Gasteiger partial charge is 0.481 e. The number of benzene rings is 1. The fourth-order valence-electron chi connectivity index (χ4n) is 1.76. The highest BCUT2D eigenvalue weighted by molar-refractivity contribution is 5.83. The Morgan fingerprint density at radius 3 is 2.21 bits per heavy atom. The molecular formula is C13H15FO5. The van der Waals surface area contributed by atoms with E-state index in [0.717, 1.165) is 5.56 Å². The van der Waals surface area contributed by atoms with Gasteiger partial charge in [-0.1, -0.05) is 12.1 Å². The summed E-state index contributed by atoms with van der Waals surface area (Å²) in [7, 11) is 0. The summed E-state index contributed by atoms with van der Waals surface area (Å²) >= 11 is 0. The average molecular weight is 270 g/mol. The summed E-state index contributed by atoms with van der Waals surface area (Å²) < 4.78 is 12.7. The molecule has 104 valence electrons. The Balaban J connectivity index is 2.55. The number of carboxylic acid groups (broad SMARTS) is 2. The maximum Gasteiger partial charge on any atom is 0.336 e. The van der Waals surface area contributed by atoms with Gasteiger partial charge in [0.05, 0.1) is 6.42 Å². The quantitative estimate of drug-likeness (QED) is 0.697. The van der Waals surface area contributed by atoms with Crippen molar-refractivity contribution in [2.75, 3.05) is 0 Å². The highest BCUT2D eigenvalue weighted by atomic mass is 19.1. The minimum absolute atomic E-state index is 0.175. The molecule has 0 saturated carbocycles. The van der Waals surface area contributed by atoms with E-state index in [1.54, 1.807) is 12.1 Å². The van der Waals surface area contributed by atoms with Crippen LogP contribution in [0.25, 0.3) is 0 Å². The summed E-state index contributed by atoms with van der Waals surface area (Å²) in [6.45, 7) is 0. The molecule has 5 nitrogen and oxygen atoms in total. The van der Waals surface area contributed by atoms with Gasteiger partial charge in [0.15, 0.2) is 5.60 Å². The van der Waals surface area contributed by atoms with E-state index in [1.807, 2.05) is 0 Å². The second kappa shape index (κ2) is 6.29. The Bertz CT molecular complexity index is 457. The third-order valence-electron chi connectivity index (χ3n) is 2.81. The van der Waals surface area contributed by atoms with Gasteiger partial charge in [0, 0.05) is 0 Å². The first-order valence-electron chi connectivity index (χ1n) is 5.75. The zero-order valence-electron chi connectivity index (χ0n) is 10.2. The van der Waals surface area contributed by atoms with Crippen molar-refractivity contribution in [2.45, 2.75) is 31.3 Å². The molecule has 0 aromatic heterocycles. The first-order valence-corrected chi connectivity index (χ1v) is 5.75. The smallest absolute Gasteiger partial charge is 0.336 e. The molecule has 0 bridgehead atoms. The first-order chi connectivity index (χ1) is 8.83. The van der Waals surface area contributed by atoms with Crippen molar-refractivity contribution in [3.8, 4) is 0 Å². The zero-order valence-corrected chi connectivity index (χ0v) is 10.2. The zero-order chi connectivity index (χ0) is 14.5. The Labute approximate surface area is 109 Å². The van der Waals surface area contributed by atoms with Gasteiger partial charge in [0.25, 0.3) is 0 Å². The van der Waals surface area contributed by atoms with Crippen LogP contribution in [0.4, 0.5) is 4.39 Å². The molecule has 1 atom stereocenters. The van der Waals surface area contributed by atoms with Crippen LogP contribution in [0.1, 0.15) is 24.8 Å². The van der Waals surface area contributed by atoms with Crippen LogP contribution in [-0.4, -0.2) is 32.9 Å². The Morgan fingerprint density at radius 2 is 1.74 bits per heavy atom. The molecule has 1 aromatic carbocycles. The van der Waals surface area contributed by atoms with Crippen LogP contribution < -0.4 is 0 Å². The first kappa shape index (κ1) is 15.1. The minimum Gasteiger partial charge on any atom is -0.481 e. The van der Waals surface area contributed by atoms with E-state index in [1.165, 1.54) is 12.1 Å². The fraction of sp³-hybridized carbons (Fsp3) is 0.385. The Hall–Kier alpha value is -1.95. The van der Waals surface area contributed by atoms with Crippen LogP contribution in [0.2, 0.25) is 0 Å². The molecule has 0 saturated heterocycles. The molecule has 0 spiro atoms. The van der Waals surface area contributed by atoms with Gasteiger partial charge < -0.3 is 15.3 Å². The summed E-state index contributed by atoms with van der Waals surface area (Å²) in [5.41, 5.74) is -1.46. The molecule has 6 heteroatoms. The van der Waals surface area contributed by atoms with Gasteiger partial charge in [0.1, 0.15) is 5.82 Å². The number of rotatable bonds is 7. The fourth-order valence-corrected chi connectivity index (χ4v) is 1.76. The number of hydrogen-bond donors (Lipinski definition) is 3. The van der Waals surface area contributed by atoms with E-state index < -0.39 is 24.0 Å². The second-order valence-electron chi connectivity index (χ2n) is 4.39. The molecule has 0 aliphatic rings. The van der Waals surface area contributed by atoms with Crippen LogP contribution in [0.3, 0.4) is 0 Å². The van der Waals surface area contributed by atoms with Crippen molar-refractivity contribution in [2.24, 2.45) is 0 Å². The summed E-state index contributed by atoms with van der Waals surface area (Å²) in [5.74, 6) is -3.28. The third-order valence-corrected chi connectivity index (χ3v) is 2.81. The number of carbonyl (C=O) groups is 2. The van der Waals surface area contributed by atoms with Crippen LogP contribution in [0.15, 0.2) is 24.3 Å². The summed E-state index contributed by atoms with van der Waals surface area (Å²) in [6, 6.07) is 5.70. The topological polar surface area (TPSA) is 94.8 Å². The Kier molecular flexibility index (Phi) is 5.00. The number of aryl methyl sites for hydroxylation is 1. The van der Waals surface area contributed by atoms with Crippen molar-refractivity contribution in [3.63, 3.8) is 0 Å². The molecule has 0 aliphatic carbocycles. The SMILES string of the molecule is O=C(O)C[C@](O)(CCCc1ccc(F)cc1)C(=O)O. The number of aliphatic hydroxyl groups is 1. The van der Waals surface area contributed by atoms with Crippen molar-refractivity contribution < 1.29 is 29.3 Å². The average Bonchev–Trinajstić information content (AvgIpc) is 2.30. The van der Waals surface area contributed by atoms with E-state index in [4.69, 9.17) is 10.2 Å². The molecule has 1 rings (SSSR count). The lowest BCUT2D eigenvalue weighted by Gasteiger charge is -2.21. The van der Waals surface area contributed by atoms with E-state index in [-0.39, 0.29) is 12.2 Å². The van der Waals surface area contributed by atoms with Gasteiger partial charge in [-0.15, -0.1) is 0 Å². The van der Waals surface area contributed by atoms with Crippen LogP contribution >= 0.6 is 0 Å². The molecule has 0 heterocycles. The van der Waals surface area contributed by atoms with Gasteiger partial charge in [0.2, 0.25) is 0 Å². The van der Waals surface area contributed by atoms with Crippen molar-refractivity contribution >= 4 is 11.9 Å². The van der Waals surface area contributed by atoms with E-state index >= 15 is 0 Å². The predicted octanol–water partition coefficient (Wildman–Crippen LogP) is 1.44. The normalized spacial score (nSPS) is 13.8. The number of halogens is 1. The number of aliphatic carboxylic acids is 2. The molecule has 1 aromatic rings. The molecule has 0 radical (unpaired) electrons. The number of carboxylic acids is 2. The highest BCUT2D eigenvalue weighted by Crippen LogP contribution is 2.20. The molecule has 19 heavy (non-hydrogen) atoms. The van der Waals surface area contributed by atoms with E-state index in [0.29, 0.717) is 12.8 Å². The molecule has 0 amide bonds. The number of hydrogen-bond acceptors (Lipinski definition) is 3. The second-order valence-corrected chi connectivity index (χ2v) is 4.39. The van der Waals surface area contributed by atoms with E-state index in [2.05, 4.69) is 0 Å². The summed E-state index contributed by atoms with van der Waals surface area (Å²) in [5, 5.41) is 27.2. The monoisotopic (exact) mass is 270 g/mol.